The molecule has 3 rings (SSSR count). The standard InChI is InChI=1S/C19H17NO5/c1-2-16-18(22)20(10-12-3-6-14(7-4-12)19(23)24)15-9-13(11-21)5-8-17(15)25-16/h3-9,11,16H,2,10H2,1H3,(H,23,24). The quantitative estimate of drug-likeness (QED) is 0.847. The summed E-state index contributed by atoms with van der Waals surface area (Å²) in [6.45, 7) is 2.14. The van der Waals surface area contributed by atoms with Crippen LogP contribution in [-0.2, 0) is 11.3 Å². The molecule has 1 N–H and O–H groups in total. The van der Waals surface area contributed by atoms with E-state index < -0.39 is 12.1 Å². The smallest absolute Gasteiger partial charge is 0.335 e. The highest BCUT2D eigenvalue weighted by Crippen LogP contribution is 2.36. The molecule has 0 spiro atoms. The maximum atomic E-state index is 12.7. The number of carbonyl (C=O) groups is 3. The summed E-state index contributed by atoms with van der Waals surface area (Å²) in [4.78, 5) is 36.3. The lowest BCUT2D eigenvalue weighted by Gasteiger charge is -2.34. The van der Waals surface area contributed by atoms with Crippen LogP contribution in [0.15, 0.2) is 42.5 Å². The van der Waals surface area contributed by atoms with Crippen molar-refractivity contribution in [2.75, 3.05) is 4.90 Å². The van der Waals surface area contributed by atoms with Crippen molar-refractivity contribution in [1.82, 2.24) is 0 Å². The van der Waals surface area contributed by atoms with Crippen LogP contribution in [-0.4, -0.2) is 29.4 Å². The van der Waals surface area contributed by atoms with Crippen molar-refractivity contribution in [2.45, 2.75) is 26.0 Å². The predicted octanol–water partition coefficient (Wildman–Crippen LogP) is 2.90. The largest absolute Gasteiger partial charge is 0.478 e. The van der Waals surface area contributed by atoms with Gasteiger partial charge in [0.2, 0.25) is 0 Å². The maximum Gasteiger partial charge on any atom is 0.335 e. The van der Waals surface area contributed by atoms with E-state index in [4.69, 9.17) is 9.84 Å². The number of carboxylic acids is 1. The molecule has 1 aliphatic rings. The van der Waals surface area contributed by atoms with Gasteiger partial charge in [-0.25, -0.2) is 4.79 Å². The van der Waals surface area contributed by atoms with Gasteiger partial charge in [0, 0.05) is 5.56 Å². The van der Waals surface area contributed by atoms with Gasteiger partial charge in [-0.1, -0.05) is 19.1 Å². The number of nitrogens with zero attached hydrogens (tertiary/aromatic N) is 1. The van der Waals surface area contributed by atoms with Crippen molar-refractivity contribution in [3.63, 3.8) is 0 Å². The van der Waals surface area contributed by atoms with Crippen molar-refractivity contribution in [3.8, 4) is 5.75 Å². The highest BCUT2D eigenvalue weighted by atomic mass is 16.5. The van der Waals surface area contributed by atoms with Crippen LogP contribution in [0, 0.1) is 0 Å². The zero-order chi connectivity index (χ0) is 18.0. The van der Waals surface area contributed by atoms with Crippen LogP contribution < -0.4 is 9.64 Å². The minimum Gasteiger partial charge on any atom is -0.478 e. The summed E-state index contributed by atoms with van der Waals surface area (Å²) in [5.74, 6) is -0.624. The van der Waals surface area contributed by atoms with Crippen molar-refractivity contribution >= 4 is 23.9 Å². The summed E-state index contributed by atoms with van der Waals surface area (Å²) < 4.78 is 5.73. The third kappa shape index (κ3) is 3.24. The molecule has 6 heteroatoms. The monoisotopic (exact) mass is 339 g/mol. The van der Waals surface area contributed by atoms with Gasteiger partial charge in [0.15, 0.2) is 6.10 Å². The second-order valence-corrected chi connectivity index (χ2v) is 5.79. The topological polar surface area (TPSA) is 83.9 Å². The molecule has 25 heavy (non-hydrogen) atoms. The number of ether oxygens (including phenoxy) is 1. The first-order valence-electron chi connectivity index (χ1n) is 7.93. The molecule has 1 aliphatic heterocycles. The lowest BCUT2D eigenvalue weighted by molar-refractivity contribution is -0.126. The molecule has 2 aromatic carbocycles. The predicted molar refractivity (Wildman–Crippen MR) is 91.1 cm³/mol. The first kappa shape index (κ1) is 16.7. The Morgan fingerprint density at radius 3 is 2.56 bits per heavy atom. The minimum absolute atomic E-state index is 0.180. The van der Waals surface area contributed by atoms with E-state index in [2.05, 4.69) is 0 Å². The zero-order valence-electron chi connectivity index (χ0n) is 13.6. The molecule has 0 aromatic heterocycles. The van der Waals surface area contributed by atoms with Gasteiger partial charge in [-0.2, -0.15) is 0 Å². The fourth-order valence-electron chi connectivity index (χ4n) is 2.77. The number of aromatic carboxylic acids is 1. The number of fused-ring (bicyclic) bond motifs is 1. The van der Waals surface area contributed by atoms with E-state index in [0.717, 1.165) is 11.8 Å². The van der Waals surface area contributed by atoms with E-state index in [1.807, 2.05) is 6.92 Å². The van der Waals surface area contributed by atoms with Crippen LogP contribution in [0.3, 0.4) is 0 Å². The first-order chi connectivity index (χ1) is 12.0. The molecule has 1 heterocycles. The van der Waals surface area contributed by atoms with Crippen LogP contribution in [0.4, 0.5) is 5.69 Å². The summed E-state index contributed by atoms with van der Waals surface area (Å²) >= 11 is 0. The number of carbonyl (C=O) groups excluding carboxylic acids is 2. The molecule has 1 unspecified atom stereocenters. The van der Waals surface area contributed by atoms with E-state index in [9.17, 15) is 14.4 Å². The van der Waals surface area contributed by atoms with Gasteiger partial charge in [-0.05, 0) is 42.3 Å². The van der Waals surface area contributed by atoms with Gasteiger partial charge in [0.1, 0.15) is 12.0 Å². The van der Waals surface area contributed by atoms with Crippen molar-refractivity contribution in [3.05, 3.63) is 59.2 Å². The molecule has 6 nitrogen and oxygen atoms in total. The SMILES string of the molecule is CCC1Oc2ccc(C=O)cc2N(Cc2ccc(C(=O)O)cc2)C1=O. The average molecular weight is 339 g/mol. The molecular formula is C19H17NO5. The van der Waals surface area contributed by atoms with Crippen molar-refractivity contribution < 1.29 is 24.2 Å². The lowest BCUT2D eigenvalue weighted by Crippen LogP contribution is -2.45. The summed E-state index contributed by atoms with van der Waals surface area (Å²) in [5, 5.41) is 8.98. The Morgan fingerprint density at radius 1 is 1.24 bits per heavy atom. The van der Waals surface area contributed by atoms with Gasteiger partial charge in [-0.3, -0.25) is 9.59 Å². The summed E-state index contributed by atoms with van der Waals surface area (Å²) in [7, 11) is 0. The number of anilines is 1. The van der Waals surface area contributed by atoms with Gasteiger partial charge < -0.3 is 14.7 Å². The Labute approximate surface area is 144 Å². The number of hydrogen-bond acceptors (Lipinski definition) is 4. The molecule has 0 bridgehead atoms. The van der Waals surface area contributed by atoms with Crippen molar-refractivity contribution in [1.29, 1.82) is 0 Å². The molecular weight excluding hydrogens is 322 g/mol. The molecule has 1 atom stereocenters. The number of rotatable bonds is 5. The Balaban J connectivity index is 1.96. The average Bonchev–Trinajstić information content (AvgIpc) is 2.63. The zero-order valence-corrected chi connectivity index (χ0v) is 13.6. The molecule has 0 saturated heterocycles. The van der Waals surface area contributed by atoms with Crippen LogP contribution >= 0.6 is 0 Å². The molecule has 2 aromatic rings. The third-order valence-corrected chi connectivity index (χ3v) is 4.13. The Bertz CT molecular complexity index is 828. The fourth-order valence-corrected chi connectivity index (χ4v) is 2.77. The number of benzene rings is 2. The van der Waals surface area contributed by atoms with Crippen LogP contribution in [0.25, 0.3) is 0 Å². The molecule has 128 valence electrons. The Kier molecular flexibility index (Phi) is 4.52. The molecule has 0 aliphatic carbocycles. The van der Waals surface area contributed by atoms with Crippen molar-refractivity contribution in [2.24, 2.45) is 0 Å². The van der Waals surface area contributed by atoms with E-state index in [1.54, 1.807) is 35.2 Å². The lowest BCUT2D eigenvalue weighted by atomic mass is 10.1. The minimum atomic E-state index is -0.999. The van der Waals surface area contributed by atoms with Gasteiger partial charge >= 0.3 is 5.97 Å². The number of aldehydes is 1. The maximum absolute atomic E-state index is 12.7. The molecule has 1 amide bonds. The highest BCUT2D eigenvalue weighted by Gasteiger charge is 2.33. The normalized spacial score (nSPS) is 16.1. The van der Waals surface area contributed by atoms with E-state index in [-0.39, 0.29) is 18.0 Å². The van der Waals surface area contributed by atoms with E-state index in [1.165, 1.54) is 12.1 Å². The molecule has 0 fully saturated rings. The fraction of sp³-hybridized carbons (Fsp3) is 0.211. The summed E-state index contributed by atoms with van der Waals surface area (Å²) in [6, 6.07) is 11.3. The first-order valence-corrected chi connectivity index (χ1v) is 7.93. The highest BCUT2D eigenvalue weighted by molar-refractivity contribution is 6.00. The van der Waals surface area contributed by atoms with Crippen LogP contribution in [0.1, 0.15) is 39.6 Å². The summed E-state index contributed by atoms with van der Waals surface area (Å²) in [6.07, 6.45) is 0.673. The number of carboxylic acid groups (broad SMARTS) is 1. The van der Waals surface area contributed by atoms with Gasteiger partial charge in [-0.15, -0.1) is 0 Å². The molecule has 0 radical (unpaired) electrons. The molecule has 0 saturated carbocycles. The van der Waals surface area contributed by atoms with E-state index in [0.29, 0.717) is 23.4 Å². The second kappa shape index (κ2) is 6.76. The van der Waals surface area contributed by atoms with E-state index >= 15 is 0 Å². The third-order valence-electron chi connectivity index (χ3n) is 4.13. The van der Waals surface area contributed by atoms with Crippen LogP contribution in [0.2, 0.25) is 0 Å². The summed E-state index contributed by atoms with van der Waals surface area (Å²) in [5.41, 5.74) is 1.97. The number of hydrogen-bond donors (Lipinski definition) is 1. The second-order valence-electron chi connectivity index (χ2n) is 5.79. The van der Waals surface area contributed by atoms with Crippen LogP contribution in [0.5, 0.6) is 5.75 Å². The van der Waals surface area contributed by atoms with Gasteiger partial charge in [0.05, 0.1) is 17.8 Å². The Hall–Kier alpha value is -3.15. The van der Waals surface area contributed by atoms with Gasteiger partial charge in [0.25, 0.3) is 5.91 Å². The Morgan fingerprint density at radius 2 is 1.96 bits per heavy atom. The number of amides is 1.